The zero-order chi connectivity index (χ0) is 11.3. The van der Waals surface area contributed by atoms with E-state index in [1.165, 1.54) is 6.07 Å². The van der Waals surface area contributed by atoms with Crippen LogP contribution in [0.2, 0.25) is 0 Å². The quantitative estimate of drug-likeness (QED) is 0.784. The van der Waals surface area contributed by atoms with Crippen molar-refractivity contribution in [1.82, 2.24) is 5.32 Å². The summed E-state index contributed by atoms with van der Waals surface area (Å²) < 4.78 is 37.3. The van der Waals surface area contributed by atoms with Gasteiger partial charge in [0.25, 0.3) is 0 Å². The fraction of sp³-hybridized carbons (Fsp3) is 0.400. The van der Waals surface area contributed by atoms with Gasteiger partial charge in [0.15, 0.2) is 0 Å². The van der Waals surface area contributed by atoms with Crippen LogP contribution in [-0.2, 0) is 10.8 Å². The lowest BCUT2D eigenvalue weighted by Gasteiger charge is -2.04. The summed E-state index contributed by atoms with van der Waals surface area (Å²) in [5, 5.41) is 2.99. The second-order valence-electron chi connectivity index (χ2n) is 2.98. The van der Waals surface area contributed by atoms with Crippen LogP contribution in [0, 0.1) is 11.6 Å². The van der Waals surface area contributed by atoms with E-state index in [1.54, 1.807) is 0 Å². The molecule has 0 bridgehead atoms. The fourth-order valence-corrected chi connectivity index (χ4v) is 2.16. The molecular weight excluding hydrogens is 220 g/mol. The van der Waals surface area contributed by atoms with Crippen molar-refractivity contribution in [3.63, 3.8) is 0 Å². The molecule has 84 valence electrons. The number of benzene rings is 1. The Balaban J connectivity index is 2.65. The van der Waals surface area contributed by atoms with Gasteiger partial charge in [-0.2, -0.15) is 0 Å². The van der Waals surface area contributed by atoms with Crippen LogP contribution in [0.1, 0.15) is 6.92 Å². The molecule has 0 amide bonds. The number of rotatable bonds is 5. The van der Waals surface area contributed by atoms with Gasteiger partial charge in [-0.3, -0.25) is 4.21 Å². The normalized spacial score (nSPS) is 12.7. The molecule has 1 N–H and O–H groups in total. The van der Waals surface area contributed by atoms with Gasteiger partial charge in [0.2, 0.25) is 0 Å². The third kappa shape index (κ3) is 3.68. The smallest absolute Gasteiger partial charge is 0.142 e. The van der Waals surface area contributed by atoms with Crippen molar-refractivity contribution in [2.75, 3.05) is 18.8 Å². The highest BCUT2D eigenvalue weighted by molar-refractivity contribution is 7.85. The minimum Gasteiger partial charge on any atom is -0.316 e. The first-order chi connectivity index (χ1) is 7.15. The molecule has 0 heterocycles. The molecule has 1 atom stereocenters. The van der Waals surface area contributed by atoms with Gasteiger partial charge in [-0.1, -0.05) is 6.92 Å². The molecule has 0 spiro atoms. The molecule has 1 unspecified atom stereocenters. The van der Waals surface area contributed by atoms with E-state index in [9.17, 15) is 13.0 Å². The largest absolute Gasteiger partial charge is 0.316 e. The predicted octanol–water partition coefficient (Wildman–Crippen LogP) is 1.68. The van der Waals surface area contributed by atoms with E-state index >= 15 is 0 Å². The van der Waals surface area contributed by atoms with Gasteiger partial charge in [0, 0.05) is 18.4 Å². The summed E-state index contributed by atoms with van der Waals surface area (Å²) in [6.07, 6.45) is 0. The van der Waals surface area contributed by atoms with E-state index in [4.69, 9.17) is 0 Å². The van der Waals surface area contributed by atoms with Crippen LogP contribution in [0.3, 0.4) is 0 Å². The number of hydrogen-bond donors (Lipinski definition) is 1. The molecule has 15 heavy (non-hydrogen) atoms. The van der Waals surface area contributed by atoms with Crippen LogP contribution in [0.25, 0.3) is 0 Å². The first kappa shape index (κ1) is 12.3. The van der Waals surface area contributed by atoms with E-state index in [-0.39, 0.29) is 4.90 Å². The van der Waals surface area contributed by atoms with Gasteiger partial charge in [0.05, 0.1) is 15.7 Å². The Labute approximate surface area is 90.1 Å². The fourth-order valence-electron chi connectivity index (χ4n) is 1.11. The number of halogens is 2. The standard InChI is InChI=1S/C10H13F2NOS/c1-2-13-5-6-15(14)10-4-3-8(11)7-9(10)12/h3-4,7,13H,2,5-6H2,1H3. The Bertz CT molecular complexity index is 357. The molecule has 1 aromatic rings. The summed E-state index contributed by atoms with van der Waals surface area (Å²) in [5.74, 6) is -1.07. The minimum absolute atomic E-state index is 0.0642. The van der Waals surface area contributed by atoms with Crippen molar-refractivity contribution < 1.29 is 13.0 Å². The summed E-state index contributed by atoms with van der Waals surface area (Å²) in [5.41, 5.74) is 0. The maximum Gasteiger partial charge on any atom is 0.142 e. The highest BCUT2D eigenvalue weighted by atomic mass is 32.2. The van der Waals surface area contributed by atoms with Gasteiger partial charge in [-0.25, -0.2) is 8.78 Å². The Morgan fingerprint density at radius 1 is 1.40 bits per heavy atom. The van der Waals surface area contributed by atoms with E-state index in [0.717, 1.165) is 18.7 Å². The van der Waals surface area contributed by atoms with Crippen molar-refractivity contribution in [1.29, 1.82) is 0 Å². The molecule has 0 aromatic heterocycles. The highest BCUT2D eigenvalue weighted by Gasteiger charge is 2.10. The number of hydrogen-bond acceptors (Lipinski definition) is 2. The third-order valence-electron chi connectivity index (χ3n) is 1.85. The lowest BCUT2D eigenvalue weighted by Crippen LogP contribution is -2.20. The molecule has 0 aliphatic carbocycles. The van der Waals surface area contributed by atoms with Crippen molar-refractivity contribution >= 4 is 10.8 Å². The van der Waals surface area contributed by atoms with Gasteiger partial charge in [0.1, 0.15) is 11.6 Å². The van der Waals surface area contributed by atoms with E-state index in [1.807, 2.05) is 6.92 Å². The van der Waals surface area contributed by atoms with Gasteiger partial charge in [-0.15, -0.1) is 0 Å². The van der Waals surface area contributed by atoms with Crippen molar-refractivity contribution in [2.24, 2.45) is 0 Å². The van der Waals surface area contributed by atoms with Crippen LogP contribution < -0.4 is 5.32 Å². The monoisotopic (exact) mass is 233 g/mol. The zero-order valence-corrected chi connectivity index (χ0v) is 9.24. The van der Waals surface area contributed by atoms with Crippen LogP contribution >= 0.6 is 0 Å². The average Bonchev–Trinajstić information content (AvgIpc) is 2.17. The first-order valence-electron chi connectivity index (χ1n) is 4.69. The summed E-state index contributed by atoms with van der Waals surface area (Å²) in [6.45, 7) is 3.27. The maximum absolute atomic E-state index is 13.2. The van der Waals surface area contributed by atoms with Crippen LogP contribution in [0.5, 0.6) is 0 Å². The van der Waals surface area contributed by atoms with Crippen LogP contribution in [-0.4, -0.2) is 23.1 Å². The Kier molecular flexibility index (Phi) is 4.84. The molecule has 0 aliphatic heterocycles. The topological polar surface area (TPSA) is 29.1 Å². The zero-order valence-electron chi connectivity index (χ0n) is 8.43. The summed E-state index contributed by atoms with van der Waals surface area (Å²) in [7, 11) is -1.41. The molecule has 2 nitrogen and oxygen atoms in total. The van der Waals surface area contributed by atoms with Crippen molar-refractivity contribution in [2.45, 2.75) is 11.8 Å². The minimum atomic E-state index is -1.41. The van der Waals surface area contributed by atoms with E-state index in [0.29, 0.717) is 12.3 Å². The molecule has 1 rings (SSSR count). The Morgan fingerprint density at radius 2 is 2.13 bits per heavy atom. The van der Waals surface area contributed by atoms with Crippen molar-refractivity contribution in [3.05, 3.63) is 29.8 Å². The van der Waals surface area contributed by atoms with E-state index < -0.39 is 22.4 Å². The third-order valence-corrected chi connectivity index (χ3v) is 3.25. The van der Waals surface area contributed by atoms with Gasteiger partial charge in [-0.05, 0) is 18.7 Å². The van der Waals surface area contributed by atoms with Crippen LogP contribution in [0.4, 0.5) is 8.78 Å². The SMILES string of the molecule is CCNCCS(=O)c1ccc(F)cc1F. The highest BCUT2D eigenvalue weighted by Crippen LogP contribution is 2.13. The molecule has 1 aromatic carbocycles. The molecule has 0 radical (unpaired) electrons. The Hall–Kier alpha value is -0.810. The van der Waals surface area contributed by atoms with Gasteiger partial charge >= 0.3 is 0 Å². The maximum atomic E-state index is 13.2. The predicted molar refractivity (Wildman–Crippen MR) is 56.2 cm³/mol. The molecule has 0 aliphatic rings. The van der Waals surface area contributed by atoms with E-state index in [2.05, 4.69) is 5.32 Å². The second-order valence-corrected chi connectivity index (χ2v) is 4.52. The molecule has 0 fully saturated rings. The van der Waals surface area contributed by atoms with Gasteiger partial charge < -0.3 is 5.32 Å². The molecule has 5 heteroatoms. The second kappa shape index (κ2) is 5.92. The Morgan fingerprint density at radius 3 is 2.73 bits per heavy atom. The summed E-state index contributed by atoms with van der Waals surface area (Å²) in [6, 6.07) is 3.09. The molecular formula is C10H13F2NOS. The lowest BCUT2D eigenvalue weighted by molar-refractivity contribution is 0.562. The lowest BCUT2D eigenvalue weighted by atomic mass is 10.3. The molecule has 0 saturated carbocycles. The first-order valence-corrected chi connectivity index (χ1v) is 6.01. The summed E-state index contributed by atoms with van der Waals surface area (Å²) >= 11 is 0. The number of nitrogens with one attached hydrogen (secondary N) is 1. The van der Waals surface area contributed by atoms with Crippen molar-refractivity contribution in [3.8, 4) is 0 Å². The summed E-state index contributed by atoms with van der Waals surface area (Å²) in [4.78, 5) is 0.0642. The molecule has 0 saturated heterocycles. The average molecular weight is 233 g/mol. The van der Waals surface area contributed by atoms with Crippen LogP contribution in [0.15, 0.2) is 23.1 Å².